The van der Waals surface area contributed by atoms with Gasteiger partial charge in [0, 0.05) is 6.54 Å². The zero-order valence-electron chi connectivity index (χ0n) is 17.8. The van der Waals surface area contributed by atoms with Crippen molar-refractivity contribution < 1.29 is 9.90 Å². The smallest absolute Gasteiger partial charge is 0.242 e. The number of carbonyl (C=O) groups is 1. The fraction of sp³-hybridized carbons (Fsp3) is 0.560. The Morgan fingerprint density at radius 3 is 2.66 bits per heavy atom. The number of carbonyl (C=O) groups excluding carboxylic acids is 1. The van der Waals surface area contributed by atoms with Crippen LogP contribution in [0.1, 0.15) is 71.1 Å². The number of unbranched alkanes of at least 4 members (excludes halogenated alkanes) is 2. The quantitative estimate of drug-likeness (QED) is 0.441. The van der Waals surface area contributed by atoms with E-state index in [0.717, 1.165) is 56.9 Å². The van der Waals surface area contributed by atoms with Crippen LogP contribution in [0.4, 0.5) is 0 Å². The van der Waals surface area contributed by atoms with Gasteiger partial charge in [-0.1, -0.05) is 62.6 Å². The van der Waals surface area contributed by atoms with Crippen molar-refractivity contribution in [3.05, 3.63) is 46.2 Å². The molecule has 1 unspecified atom stereocenters. The van der Waals surface area contributed by atoms with Crippen LogP contribution in [0.5, 0.6) is 0 Å². The zero-order chi connectivity index (χ0) is 20.5. The minimum atomic E-state index is -0.411. The van der Waals surface area contributed by atoms with Crippen LogP contribution in [0.15, 0.2) is 35.7 Å². The van der Waals surface area contributed by atoms with E-state index in [1.165, 1.54) is 16.9 Å². The van der Waals surface area contributed by atoms with E-state index in [9.17, 15) is 9.90 Å². The first kappa shape index (κ1) is 21.5. The average Bonchev–Trinajstić information content (AvgIpc) is 2.76. The summed E-state index contributed by atoms with van der Waals surface area (Å²) in [6.45, 7) is 2.86. The molecule has 3 N–H and O–H groups in total. The molecule has 2 aliphatic carbocycles. The Morgan fingerprint density at radius 2 is 1.90 bits per heavy atom. The molecule has 1 saturated carbocycles. The normalized spacial score (nSPS) is 19.3. The van der Waals surface area contributed by atoms with Gasteiger partial charge in [0.15, 0.2) is 5.88 Å². The molecule has 0 spiro atoms. The lowest BCUT2D eigenvalue weighted by atomic mass is 9.90. The molecular formula is C25H36N2O2. The lowest BCUT2D eigenvalue weighted by molar-refractivity contribution is -0.123. The molecule has 4 heteroatoms. The predicted molar refractivity (Wildman–Crippen MR) is 120 cm³/mol. The predicted octanol–water partition coefficient (Wildman–Crippen LogP) is 3.66. The minimum Gasteiger partial charge on any atom is -0.495 e. The average molecular weight is 397 g/mol. The van der Waals surface area contributed by atoms with Crippen LogP contribution in [-0.2, 0) is 4.79 Å². The topological polar surface area (TPSA) is 61.4 Å². The maximum atomic E-state index is 12.9. The number of aliphatic hydroxyl groups excluding tert-OH is 1. The van der Waals surface area contributed by atoms with E-state index in [0.29, 0.717) is 13.0 Å². The Bertz CT molecular complexity index is 819. The molecule has 29 heavy (non-hydrogen) atoms. The van der Waals surface area contributed by atoms with E-state index < -0.39 is 6.04 Å². The van der Waals surface area contributed by atoms with E-state index in [2.05, 4.69) is 54.0 Å². The van der Waals surface area contributed by atoms with Gasteiger partial charge >= 0.3 is 0 Å². The van der Waals surface area contributed by atoms with Crippen molar-refractivity contribution in [2.75, 3.05) is 6.54 Å². The summed E-state index contributed by atoms with van der Waals surface area (Å²) in [5.74, 6) is 0.517. The number of rotatable bonds is 9. The molecule has 0 heterocycles. The van der Waals surface area contributed by atoms with Gasteiger partial charge in [0.25, 0.3) is 0 Å². The summed E-state index contributed by atoms with van der Waals surface area (Å²) in [6.07, 6.45) is 14.7. The van der Waals surface area contributed by atoms with Crippen LogP contribution in [0, 0.1) is 5.92 Å². The van der Waals surface area contributed by atoms with Gasteiger partial charge < -0.3 is 15.7 Å². The van der Waals surface area contributed by atoms with Crippen molar-refractivity contribution in [3.8, 4) is 0 Å². The number of allylic oxidation sites excluding steroid dienone is 1. The standard InChI is InChI=1S/C25H36N2O2/c1-2-3-9-16-26-25(29)23(27-24(28)21-11-5-4-6-12-21)18-19-14-15-20-10-7-8-13-22(20)17-19/h7-8,10,13,15,17,19,23,27-28H,2-6,9,11-12,14,16,18H2,1H3,(H,26,29)/t19?,23-/m0/s1. The number of amides is 1. The summed E-state index contributed by atoms with van der Waals surface area (Å²) < 4.78 is 0. The Morgan fingerprint density at radius 1 is 1.14 bits per heavy atom. The van der Waals surface area contributed by atoms with Crippen LogP contribution in [0.25, 0.3) is 12.2 Å². The zero-order valence-corrected chi connectivity index (χ0v) is 17.8. The van der Waals surface area contributed by atoms with Gasteiger partial charge in [-0.2, -0.15) is 0 Å². The van der Waals surface area contributed by atoms with Crippen molar-refractivity contribution in [3.63, 3.8) is 0 Å². The molecule has 1 fully saturated rings. The van der Waals surface area contributed by atoms with Gasteiger partial charge in [0.05, 0.1) is 0 Å². The molecule has 1 amide bonds. The van der Waals surface area contributed by atoms with Crippen LogP contribution < -0.4 is 21.1 Å². The van der Waals surface area contributed by atoms with Gasteiger partial charge in [-0.25, -0.2) is 0 Å². The van der Waals surface area contributed by atoms with E-state index in [1.807, 2.05) is 0 Å². The first-order valence-corrected chi connectivity index (χ1v) is 11.4. The Balaban J connectivity index is 1.70. The molecule has 1 aromatic rings. The first-order valence-electron chi connectivity index (χ1n) is 11.4. The Kier molecular flexibility index (Phi) is 8.21. The highest BCUT2D eigenvalue weighted by Crippen LogP contribution is 2.25. The Hall–Kier alpha value is -2.23. The highest BCUT2D eigenvalue weighted by Gasteiger charge is 2.24. The maximum absolute atomic E-state index is 12.9. The summed E-state index contributed by atoms with van der Waals surface area (Å²) in [7, 11) is 0. The van der Waals surface area contributed by atoms with Crippen molar-refractivity contribution in [2.45, 2.75) is 77.2 Å². The summed E-state index contributed by atoms with van der Waals surface area (Å²) in [4.78, 5) is 12.9. The third-order valence-electron chi connectivity index (χ3n) is 6.09. The third kappa shape index (κ3) is 6.38. The largest absolute Gasteiger partial charge is 0.495 e. The second kappa shape index (κ2) is 11.1. The molecule has 0 bridgehead atoms. The number of benzene rings is 1. The molecule has 4 nitrogen and oxygen atoms in total. The minimum absolute atomic E-state index is 0.00341. The molecule has 158 valence electrons. The number of nitrogens with one attached hydrogen (secondary N) is 2. The molecule has 0 aromatic heterocycles. The molecule has 2 atom stereocenters. The molecule has 0 radical (unpaired) electrons. The molecule has 2 aliphatic rings. The maximum Gasteiger partial charge on any atom is 0.242 e. The van der Waals surface area contributed by atoms with Crippen LogP contribution in [-0.4, -0.2) is 23.6 Å². The van der Waals surface area contributed by atoms with Gasteiger partial charge in [-0.05, 0) is 66.9 Å². The first-order chi connectivity index (χ1) is 14.2. The summed E-state index contributed by atoms with van der Waals surface area (Å²) in [5.41, 5.74) is 1.07. The molecule has 1 aromatic carbocycles. The van der Waals surface area contributed by atoms with Crippen LogP contribution in [0.3, 0.4) is 0 Å². The van der Waals surface area contributed by atoms with Gasteiger partial charge in [-0.3, -0.25) is 4.79 Å². The van der Waals surface area contributed by atoms with Crippen molar-refractivity contribution in [1.82, 2.24) is 10.6 Å². The van der Waals surface area contributed by atoms with Crippen LogP contribution >= 0.6 is 0 Å². The van der Waals surface area contributed by atoms with E-state index in [-0.39, 0.29) is 17.7 Å². The summed E-state index contributed by atoms with van der Waals surface area (Å²) >= 11 is 0. The molecule has 0 aliphatic heterocycles. The molecular weight excluding hydrogens is 360 g/mol. The van der Waals surface area contributed by atoms with Gasteiger partial charge in [0.2, 0.25) is 5.91 Å². The monoisotopic (exact) mass is 396 g/mol. The second-order valence-electron chi connectivity index (χ2n) is 8.44. The fourth-order valence-electron chi connectivity index (χ4n) is 4.34. The fourth-order valence-corrected chi connectivity index (χ4v) is 4.34. The second-order valence-corrected chi connectivity index (χ2v) is 8.44. The van der Waals surface area contributed by atoms with Crippen molar-refractivity contribution in [1.29, 1.82) is 0 Å². The highest BCUT2D eigenvalue weighted by atomic mass is 16.3. The number of hydrogen-bond donors (Lipinski definition) is 3. The number of aliphatic hydroxyl groups is 1. The van der Waals surface area contributed by atoms with E-state index in [1.54, 1.807) is 0 Å². The lowest BCUT2D eigenvalue weighted by Gasteiger charge is -2.25. The lowest BCUT2D eigenvalue weighted by Crippen LogP contribution is -2.46. The Labute approximate surface area is 174 Å². The molecule has 3 rings (SSSR count). The number of hydrogen-bond acceptors (Lipinski definition) is 3. The van der Waals surface area contributed by atoms with Crippen LogP contribution in [0.2, 0.25) is 0 Å². The molecule has 0 saturated heterocycles. The summed E-state index contributed by atoms with van der Waals surface area (Å²) in [6, 6.07) is 7.98. The van der Waals surface area contributed by atoms with Gasteiger partial charge in [-0.15, -0.1) is 0 Å². The van der Waals surface area contributed by atoms with Crippen molar-refractivity contribution >= 4 is 18.1 Å². The van der Waals surface area contributed by atoms with E-state index >= 15 is 0 Å². The SMILES string of the molecule is CCCCCNC(=O)[C@H](CC1C=c2ccccc2=CC1)NC(O)=C1CCCCC1. The van der Waals surface area contributed by atoms with Crippen molar-refractivity contribution in [2.24, 2.45) is 5.92 Å². The van der Waals surface area contributed by atoms with E-state index in [4.69, 9.17) is 0 Å². The van der Waals surface area contributed by atoms with Gasteiger partial charge in [0.1, 0.15) is 6.04 Å². The third-order valence-corrected chi connectivity index (χ3v) is 6.09. The highest BCUT2D eigenvalue weighted by molar-refractivity contribution is 5.82. The number of fused-ring (bicyclic) bond motifs is 1. The summed E-state index contributed by atoms with van der Waals surface area (Å²) in [5, 5.41) is 19.4.